The Kier molecular flexibility index (Phi) is 4.39. The Labute approximate surface area is 158 Å². The maximum atomic E-state index is 13.4. The Bertz CT molecular complexity index is 954. The van der Waals surface area contributed by atoms with E-state index in [1.54, 1.807) is 24.2 Å². The molecule has 1 fully saturated rings. The molecule has 1 aliphatic heterocycles. The number of aryl methyl sites for hydroxylation is 1. The van der Waals surface area contributed by atoms with Gasteiger partial charge in [0.1, 0.15) is 28.3 Å². The Hall–Kier alpha value is -2.42. The summed E-state index contributed by atoms with van der Waals surface area (Å²) in [6, 6.07) is 4.65. The number of halogens is 2. The zero-order chi connectivity index (χ0) is 18.3. The Balaban J connectivity index is 1.58. The highest BCUT2D eigenvalue weighted by Crippen LogP contribution is 2.33. The molecule has 3 aromatic rings. The molecule has 0 saturated carbocycles. The maximum Gasteiger partial charge on any atom is 0.164 e. The van der Waals surface area contributed by atoms with Crippen LogP contribution in [-0.2, 0) is 7.05 Å². The molecule has 0 N–H and O–H groups in total. The first-order valence-corrected chi connectivity index (χ1v) is 9.04. The summed E-state index contributed by atoms with van der Waals surface area (Å²) in [6.45, 7) is 3.14. The van der Waals surface area contributed by atoms with Crippen molar-refractivity contribution < 1.29 is 9.13 Å². The molecule has 1 aliphatic rings. The third-order valence-corrected chi connectivity index (χ3v) is 5.17. The number of aromatic nitrogens is 4. The van der Waals surface area contributed by atoms with Crippen LogP contribution < -0.4 is 14.5 Å². The zero-order valence-electron chi connectivity index (χ0n) is 14.5. The van der Waals surface area contributed by atoms with Crippen LogP contribution in [0.25, 0.3) is 11.0 Å². The van der Waals surface area contributed by atoms with E-state index in [9.17, 15) is 4.39 Å². The van der Waals surface area contributed by atoms with E-state index < -0.39 is 0 Å². The minimum absolute atomic E-state index is 0.297. The largest absolute Gasteiger partial charge is 0.494 e. The van der Waals surface area contributed by atoms with Gasteiger partial charge in [0.2, 0.25) is 0 Å². The number of hydrogen-bond acceptors (Lipinski definition) is 6. The summed E-state index contributed by atoms with van der Waals surface area (Å²) in [4.78, 5) is 13.2. The van der Waals surface area contributed by atoms with Crippen LogP contribution in [0.4, 0.5) is 15.9 Å². The SMILES string of the molecule is COc1cc(F)ccc1N1CCN(c2ncnc3c2c(Br)nn3C)CC1. The molecule has 2 aromatic heterocycles. The molecule has 0 aliphatic carbocycles. The number of nitrogens with zero attached hydrogens (tertiary/aromatic N) is 6. The minimum Gasteiger partial charge on any atom is -0.494 e. The van der Waals surface area contributed by atoms with Crippen molar-refractivity contribution in [2.45, 2.75) is 0 Å². The number of fused-ring (bicyclic) bond motifs is 1. The number of piperazine rings is 1. The van der Waals surface area contributed by atoms with Crippen molar-refractivity contribution in [3.63, 3.8) is 0 Å². The van der Waals surface area contributed by atoms with Crippen molar-refractivity contribution in [2.24, 2.45) is 7.05 Å². The molecule has 0 radical (unpaired) electrons. The van der Waals surface area contributed by atoms with E-state index in [1.807, 2.05) is 7.05 Å². The van der Waals surface area contributed by atoms with Gasteiger partial charge < -0.3 is 14.5 Å². The average molecular weight is 421 g/mol. The van der Waals surface area contributed by atoms with Crippen LogP contribution in [0.1, 0.15) is 0 Å². The van der Waals surface area contributed by atoms with Crippen molar-refractivity contribution in [3.05, 3.63) is 34.9 Å². The van der Waals surface area contributed by atoms with Crippen molar-refractivity contribution in [2.75, 3.05) is 43.1 Å². The van der Waals surface area contributed by atoms with E-state index in [2.05, 4.69) is 40.8 Å². The molecule has 26 heavy (non-hydrogen) atoms. The van der Waals surface area contributed by atoms with Crippen molar-refractivity contribution >= 4 is 38.5 Å². The summed E-state index contributed by atoms with van der Waals surface area (Å²) in [6.07, 6.45) is 1.57. The van der Waals surface area contributed by atoms with E-state index in [0.717, 1.165) is 53.3 Å². The standard InChI is InChI=1S/C17H18BrFN6O/c1-23-16-14(15(18)22-23)17(21-10-20-16)25-7-5-24(6-8-25)12-4-3-11(19)9-13(12)26-2/h3-4,9-10H,5-8H2,1-2H3. The Morgan fingerprint density at radius 3 is 2.58 bits per heavy atom. The lowest BCUT2D eigenvalue weighted by Gasteiger charge is -2.37. The van der Waals surface area contributed by atoms with Gasteiger partial charge in [-0.15, -0.1) is 0 Å². The van der Waals surface area contributed by atoms with E-state index in [-0.39, 0.29) is 5.82 Å². The predicted molar refractivity (Wildman–Crippen MR) is 101 cm³/mol. The lowest BCUT2D eigenvalue weighted by molar-refractivity contribution is 0.410. The third kappa shape index (κ3) is 2.86. The second-order valence-corrected chi connectivity index (χ2v) is 6.85. The molecule has 136 valence electrons. The quantitative estimate of drug-likeness (QED) is 0.648. The Morgan fingerprint density at radius 2 is 1.85 bits per heavy atom. The van der Waals surface area contributed by atoms with E-state index >= 15 is 0 Å². The Morgan fingerprint density at radius 1 is 1.12 bits per heavy atom. The van der Waals surface area contributed by atoms with Crippen LogP contribution in [0.3, 0.4) is 0 Å². The smallest absolute Gasteiger partial charge is 0.164 e. The first-order chi connectivity index (χ1) is 12.6. The topological polar surface area (TPSA) is 59.3 Å². The van der Waals surface area contributed by atoms with Crippen molar-refractivity contribution in [1.29, 1.82) is 0 Å². The molecule has 3 heterocycles. The molecule has 0 amide bonds. The molecule has 1 saturated heterocycles. The molecule has 0 bridgehead atoms. The molecule has 0 unspecified atom stereocenters. The summed E-state index contributed by atoms with van der Waals surface area (Å²) < 4.78 is 21.3. The van der Waals surface area contributed by atoms with Gasteiger partial charge in [-0.05, 0) is 28.1 Å². The molecule has 0 spiro atoms. The first-order valence-electron chi connectivity index (χ1n) is 8.25. The lowest BCUT2D eigenvalue weighted by Crippen LogP contribution is -2.47. The number of hydrogen-bond donors (Lipinski definition) is 0. The molecule has 9 heteroatoms. The number of ether oxygens (including phenoxy) is 1. The van der Waals surface area contributed by atoms with Gasteiger partial charge in [0.15, 0.2) is 5.65 Å². The summed E-state index contributed by atoms with van der Waals surface area (Å²) in [5.74, 6) is 1.13. The summed E-state index contributed by atoms with van der Waals surface area (Å²) in [7, 11) is 3.43. The second kappa shape index (κ2) is 6.71. The highest BCUT2D eigenvalue weighted by atomic mass is 79.9. The third-order valence-electron chi connectivity index (χ3n) is 4.62. The highest BCUT2D eigenvalue weighted by molar-refractivity contribution is 9.10. The second-order valence-electron chi connectivity index (χ2n) is 6.10. The fourth-order valence-electron chi connectivity index (χ4n) is 3.34. The summed E-state index contributed by atoms with van der Waals surface area (Å²) in [5, 5.41) is 5.30. The highest BCUT2D eigenvalue weighted by Gasteiger charge is 2.24. The number of benzene rings is 1. The molecular formula is C17H18BrFN6O. The van der Waals surface area contributed by atoms with Crippen LogP contribution in [0.15, 0.2) is 29.1 Å². The van der Waals surface area contributed by atoms with Crippen molar-refractivity contribution in [3.8, 4) is 5.75 Å². The van der Waals surface area contributed by atoms with Gasteiger partial charge >= 0.3 is 0 Å². The molecular weight excluding hydrogens is 403 g/mol. The van der Waals surface area contributed by atoms with E-state index in [1.165, 1.54) is 12.1 Å². The summed E-state index contributed by atoms with van der Waals surface area (Å²) >= 11 is 3.51. The maximum absolute atomic E-state index is 13.4. The van der Waals surface area contributed by atoms with Gasteiger partial charge in [-0.1, -0.05) is 0 Å². The minimum atomic E-state index is -0.297. The molecule has 4 rings (SSSR count). The van der Waals surface area contributed by atoms with Crippen LogP contribution in [0.5, 0.6) is 5.75 Å². The van der Waals surface area contributed by atoms with Gasteiger partial charge in [-0.2, -0.15) is 5.10 Å². The molecule has 0 atom stereocenters. The van der Waals surface area contributed by atoms with Gasteiger partial charge in [0.05, 0.1) is 18.2 Å². The van der Waals surface area contributed by atoms with Crippen molar-refractivity contribution in [1.82, 2.24) is 19.7 Å². The fraction of sp³-hybridized carbons (Fsp3) is 0.353. The normalized spacial score (nSPS) is 14.9. The van der Waals surface area contributed by atoms with Gasteiger partial charge in [0.25, 0.3) is 0 Å². The monoisotopic (exact) mass is 420 g/mol. The average Bonchev–Trinajstić information content (AvgIpc) is 2.96. The molecule has 1 aromatic carbocycles. The fourth-order valence-corrected chi connectivity index (χ4v) is 3.93. The van der Waals surface area contributed by atoms with Gasteiger partial charge in [-0.25, -0.2) is 19.0 Å². The lowest BCUT2D eigenvalue weighted by atomic mass is 10.2. The first kappa shape index (κ1) is 17.0. The number of methoxy groups -OCH3 is 1. The van der Waals surface area contributed by atoms with Crippen LogP contribution in [0, 0.1) is 5.82 Å². The summed E-state index contributed by atoms with van der Waals surface area (Å²) in [5.41, 5.74) is 1.70. The van der Waals surface area contributed by atoms with Gasteiger partial charge in [-0.3, -0.25) is 0 Å². The van der Waals surface area contributed by atoms with Crippen LogP contribution in [0.2, 0.25) is 0 Å². The number of anilines is 2. The van der Waals surface area contributed by atoms with E-state index in [0.29, 0.717) is 5.75 Å². The number of rotatable bonds is 3. The molecule has 7 nitrogen and oxygen atoms in total. The predicted octanol–water partition coefficient (Wildman–Crippen LogP) is 2.60. The zero-order valence-corrected chi connectivity index (χ0v) is 16.1. The van der Waals surface area contributed by atoms with Crippen LogP contribution in [-0.4, -0.2) is 53.0 Å². The van der Waals surface area contributed by atoms with E-state index in [4.69, 9.17) is 4.74 Å². The van der Waals surface area contributed by atoms with Gasteiger partial charge in [0, 0.05) is 39.3 Å². The van der Waals surface area contributed by atoms with Crippen LogP contribution >= 0.6 is 15.9 Å².